The number of anilines is 3. The van der Waals surface area contributed by atoms with Gasteiger partial charge in [0.05, 0.1) is 17.2 Å². The second-order valence-corrected chi connectivity index (χ2v) is 8.73. The molecule has 2 N–H and O–H groups in total. The Morgan fingerprint density at radius 2 is 1.88 bits per heavy atom. The number of aromatic nitrogens is 5. The third-order valence-corrected chi connectivity index (χ3v) is 6.00. The summed E-state index contributed by atoms with van der Waals surface area (Å²) < 4.78 is 27.3. The number of hydrogen-bond donors (Lipinski definition) is 2. The summed E-state index contributed by atoms with van der Waals surface area (Å²) in [6.07, 6.45) is 3.03. The van der Waals surface area contributed by atoms with Crippen molar-refractivity contribution in [3.63, 3.8) is 0 Å². The van der Waals surface area contributed by atoms with Crippen LogP contribution in [0.2, 0.25) is 5.15 Å². The molecule has 0 radical (unpaired) electrons. The summed E-state index contributed by atoms with van der Waals surface area (Å²) in [5, 5.41) is 15.9. The normalized spacial score (nSPS) is 20.1. The van der Waals surface area contributed by atoms with Gasteiger partial charge < -0.3 is 10.6 Å². The average molecular weight is 469 g/mol. The molecule has 0 amide bonds. The second-order valence-electron chi connectivity index (χ2n) is 8.34. The van der Waals surface area contributed by atoms with Gasteiger partial charge in [0.1, 0.15) is 10.8 Å². The van der Waals surface area contributed by atoms with Crippen molar-refractivity contribution in [1.29, 1.82) is 5.26 Å². The third-order valence-electron chi connectivity index (χ3n) is 5.79. The van der Waals surface area contributed by atoms with E-state index in [1.54, 1.807) is 36.5 Å². The van der Waals surface area contributed by atoms with Crippen LogP contribution >= 0.6 is 11.6 Å². The van der Waals surface area contributed by atoms with Crippen molar-refractivity contribution in [1.82, 2.24) is 24.9 Å². The zero-order valence-electron chi connectivity index (χ0n) is 17.4. The first-order chi connectivity index (χ1) is 15.8. The van der Waals surface area contributed by atoms with E-state index in [2.05, 4.69) is 41.6 Å². The highest BCUT2D eigenvalue weighted by atomic mass is 35.5. The largest absolute Gasteiger partial charge is 0.351 e. The quantitative estimate of drug-likeness (QED) is 0.492. The van der Waals surface area contributed by atoms with Gasteiger partial charge in [-0.2, -0.15) is 20.2 Å². The van der Waals surface area contributed by atoms with Crippen LogP contribution in [0.15, 0.2) is 36.5 Å². The standard InChI is InChI=1S/C22H19ClF2N8/c23-17-3-1-2-15(30-17)18-31-19(33-20(32-18)29-14-4-6-22(24,25)11-14)28-13-5-9-27-16(10-13)21(12-26)7-8-21/h1-3,5,9-10,14H,4,6-8,11H2,(H2,27,28,29,31,32,33). The molecule has 2 fully saturated rings. The van der Waals surface area contributed by atoms with E-state index in [-0.39, 0.29) is 35.7 Å². The summed E-state index contributed by atoms with van der Waals surface area (Å²) in [5.74, 6) is -2.09. The van der Waals surface area contributed by atoms with Crippen LogP contribution in [0.1, 0.15) is 37.8 Å². The molecule has 11 heteroatoms. The molecule has 33 heavy (non-hydrogen) atoms. The number of nitriles is 1. The lowest BCUT2D eigenvalue weighted by Gasteiger charge is -2.15. The Bertz CT molecular complexity index is 1240. The van der Waals surface area contributed by atoms with E-state index < -0.39 is 17.4 Å². The minimum Gasteiger partial charge on any atom is -0.351 e. The molecule has 5 rings (SSSR count). The van der Waals surface area contributed by atoms with Gasteiger partial charge >= 0.3 is 0 Å². The van der Waals surface area contributed by atoms with E-state index in [1.807, 2.05) is 0 Å². The van der Waals surface area contributed by atoms with Crippen LogP contribution in [0, 0.1) is 11.3 Å². The van der Waals surface area contributed by atoms with Crippen LogP contribution in [0.4, 0.5) is 26.4 Å². The van der Waals surface area contributed by atoms with Crippen LogP contribution in [0.25, 0.3) is 11.5 Å². The number of alkyl halides is 2. The Kier molecular flexibility index (Phi) is 5.29. The predicted molar refractivity (Wildman–Crippen MR) is 118 cm³/mol. The van der Waals surface area contributed by atoms with Gasteiger partial charge in [-0.15, -0.1) is 0 Å². The molecule has 0 aromatic carbocycles. The van der Waals surface area contributed by atoms with Gasteiger partial charge in [-0.05, 0) is 43.5 Å². The Hall–Kier alpha value is -3.45. The van der Waals surface area contributed by atoms with Crippen LogP contribution in [-0.2, 0) is 5.41 Å². The van der Waals surface area contributed by atoms with Gasteiger partial charge in [0.15, 0.2) is 5.82 Å². The van der Waals surface area contributed by atoms with Crippen LogP contribution < -0.4 is 10.6 Å². The zero-order chi connectivity index (χ0) is 23.1. The summed E-state index contributed by atoms with van der Waals surface area (Å²) >= 11 is 6.02. The van der Waals surface area contributed by atoms with E-state index in [0.29, 0.717) is 23.5 Å². The number of hydrogen-bond acceptors (Lipinski definition) is 8. The van der Waals surface area contributed by atoms with E-state index >= 15 is 0 Å². The predicted octanol–water partition coefficient (Wildman–Crippen LogP) is 4.88. The van der Waals surface area contributed by atoms with E-state index in [9.17, 15) is 14.0 Å². The molecule has 1 atom stereocenters. The molecule has 168 valence electrons. The van der Waals surface area contributed by atoms with Crippen molar-refractivity contribution in [2.75, 3.05) is 10.6 Å². The lowest BCUT2D eigenvalue weighted by atomic mass is 10.0. The topological polar surface area (TPSA) is 112 Å². The fraction of sp³-hybridized carbons (Fsp3) is 0.364. The molecule has 3 aromatic rings. The highest BCUT2D eigenvalue weighted by Crippen LogP contribution is 2.47. The zero-order valence-corrected chi connectivity index (χ0v) is 18.2. The van der Waals surface area contributed by atoms with E-state index in [4.69, 9.17) is 11.6 Å². The maximum absolute atomic E-state index is 13.7. The molecule has 2 saturated carbocycles. The fourth-order valence-electron chi connectivity index (χ4n) is 3.85. The highest BCUT2D eigenvalue weighted by Gasteiger charge is 2.46. The third kappa shape index (κ3) is 4.68. The molecule has 0 aliphatic heterocycles. The first-order valence-electron chi connectivity index (χ1n) is 10.5. The maximum atomic E-state index is 13.7. The summed E-state index contributed by atoms with van der Waals surface area (Å²) in [5.41, 5.74) is 1.22. The number of halogens is 3. The molecule has 1 unspecified atom stereocenters. The number of pyridine rings is 2. The first-order valence-corrected chi connectivity index (χ1v) is 10.9. The van der Waals surface area contributed by atoms with Crippen molar-refractivity contribution >= 4 is 29.2 Å². The minimum absolute atomic E-state index is 0.164. The smallest absolute Gasteiger partial charge is 0.250 e. The summed E-state index contributed by atoms with van der Waals surface area (Å²) in [6, 6.07) is 10.5. The minimum atomic E-state index is -2.70. The van der Waals surface area contributed by atoms with Gasteiger partial charge in [0.25, 0.3) is 0 Å². The highest BCUT2D eigenvalue weighted by molar-refractivity contribution is 6.29. The molecule has 3 heterocycles. The van der Waals surface area contributed by atoms with Crippen LogP contribution in [-0.4, -0.2) is 36.9 Å². The Labute approximate surface area is 193 Å². The van der Waals surface area contributed by atoms with Gasteiger partial charge in [0, 0.05) is 30.8 Å². The van der Waals surface area contributed by atoms with Gasteiger partial charge in [-0.1, -0.05) is 17.7 Å². The van der Waals surface area contributed by atoms with Gasteiger partial charge in [0.2, 0.25) is 17.8 Å². The molecular weight excluding hydrogens is 450 g/mol. The summed E-state index contributed by atoms with van der Waals surface area (Å²) in [4.78, 5) is 21.8. The lowest BCUT2D eigenvalue weighted by Crippen LogP contribution is -2.21. The molecule has 0 bridgehead atoms. The van der Waals surface area contributed by atoms with Gasteiger partial charge in [-0.3, -0.25) is 4.98 Å². The molecule has 0 saturated heterocycles. The lowest BCUT2D eigenvalue weighted by molar-refractivity contribution is 0.00851. The first kappa shape index (κ1) is 21.4. The molecule has 0 spiro atoms. The monoisotopic (exact) mass is 468 g/mol. The average Bonchev–Trinajstić information content (AvgIpc) is 3.52. The van der Waals surface area contributed by atoms with Crippen molar-refractivity contribution in [3.8, 4) is 17.6 Å². The fourth-order valence-corrected chi connectivity index (χ4v) is 4.01. The Morgan fingerprint density at radius 1 is 1.06 bits per heavy atom. The number of nitrogens with one attached hydrogen (secondary N) is 2. The molecule has 2 aliphatic rings. The second kappa shape index (κ2) is 8.15. The van der Waals surface area contributed by atoms with Crippen LogP contribution in [0.3, 0.4) is 0 Å². The number of rotatable bonds is 6. The maximum Gasteiger partial charge on any atom is 0.250 e. The molecular formula is C22H19ClF2N8. The summed E-state index contributed by atoms with van der Waals surface area (Å²) in [6.45, 7) is 0. The SMILES string of the molecule is N#CC1(c2cc(Nc3nc(NC4CCC(F)(F)C4)nc(-c4cccc(Cl)n4)n3)ccn2)CC1. The Morgan fingerprint density at radius 3 is 2.58 bits per heavy atom. The van der Waals surface area contributed by atoms with E-state index in [1.165, 1.54) is 0 Å². The van der Waals surface area contributed by atoms with E-state index in [0.717, 1.165) is 12.8 Å². The van der Waals surface area contributed by atoms with Crippen molar-refractivity contribution in [2.45, 2.75) is 49.5 Å². The van der Waals surface area contributed by atoms with Crippen molar-refractivity contribution in [3.05, 3.63) is 47.4 Å². The van der Waals surface area contributed by atoms with Gasteiger partial charge in [-0.25, -0.2) is 13.8 Å². The van der Waals surface area contributed by atoms with Crippen molar-refractivity contribution < 1.29 is 8.78 Å². The molecule has 3 aromatic heterocycles. The summed E-state index contributed by atoms with van der Waals surface area (Å²) in [7, 11) is 0. The Balaban J connectivity index is 1.47. The van der Waals surface area contributed by atoms with Crippen molar-refractivity contribution in [2.24, 2.45) is 0 Å². The molecule has 2 aliphatic carbocycles. The number of nitrogens with zero attached hydrogens (tertiary/aromatic N) is 6. The van der Waals surface area contributed by atoms with Crippen LogP contribution in [0.5, 0.6) is 0 Å². The molecule has 8 nitrogen and oxygen atoms in total.